The number of carbonyl (C=O) groups is 2. The maximum Gasteiger partial charge on any atom is 0.335 e. The number of methoxy groups -OCH3 is 1. The molecule has 134 valence electrons. The molecule has 2 rings (SSSR count). The van der Waals surface area contributed by atoms with E-state index in [1.165, 1.54) is 19.2 Å². The number of ether oxygens (including phenoxy) is 1. The highest BCUT2D eigenvalue weighted by atomic mass is 16.5. The van der Waals surface area contributed by atoms with E-state index in [2.05, 4.69) is 10.4 Å². The summed E-state index contributed by atoms with van der Waals surface area (Å²) >= 11 is 0. The van der Waals surface area contributed by atoms with Crippen LogP contribution in [0, 0.1) is 13.8 Å². The molecule has 0 fully saturated rings. The molecular weight excluding hydrogens is 322 g/mol. The monoisotopic (exact) mass is 345 g/mol. The summed E-state index contributed by atoms with van der Waals surface area (Å²) in [6.07, 6.45) is 0.235. The molecule has 1 aromatic heterocycles. The van der Waals surface area contributed by atoms with Gasteiger partial charge in [0.05, 0.1) is 23.9 Å². The third-order valence-electron chi connectivity index (χ3n) is 3.78. The predicted octanol–water partition coefficient (Wildman–Crippen LogP) is 2.93. The molecule has 1 unspecified atom stereocenters. The first-order valence-electron chi connectivity index (χ1n) is 7.99. The third kappa shape index (κ3) is 4.90. The number of nitrogens with zero attached hydrogens (tertiary/aromatic N) is 2. The van der Waals surface area contributed by atoms with Gasteiger partial charge in [-0.05, 0) is 50.6 Å². The van der Waals surface area contributed by atoms with Crippen LogP contribution in [0.25, 0.3) is 0 Å². The van der Waals surface area contributed by atoms with Gasteiger partial charge in [0.1, 0.15) is 0 Å². The number of aromatic nitrogens is 2. The Bertz CT molecular complexity index is 783. The van der Waals surface area contributed by atoms with Gasteiger partial charge in [0.2, 0.25) is 5.91 Å². The number of nitrogens with one attached hydrogen (secondary N) is 1. The minimum absolute atomic E-state index is 0.102. The molecule has 1 heterocycles. The fraction of sp³-hybridized carbons (Fsp3) is 0.389. The number of benzene rings is 1. The van der Waals surface area contributed by atoms with E-state index in [1.54, 1.807) is 6.07 Å². The normalized spacial score (nSPS) is 12.0. The molecule has 0 aliphatic heterocycles. The second-order valence-electron chi connectivity index (χ2n) is 6.13. The quantitative estimate of drug-likeness (QED) is 0.805. The van der Waals surface area contributed by atoms with Gasteiger partial charge in [-0.1, -0.05) is 0 Å². The average Bonchev–Trinajstić information content (AvgIpc) is 2.85. The SMILES string of the molecule is COCc1cc(NC(=O)CC(C)n2nc(C)cc2C)cc(C(=O)O)c1. The van der Waals surface area contributed by atoms with E-state index in [0.29, 0.717) is 11.3 Å². The summed E-state index contributed by atoms with van der Waals surface area (Å²) in [5.74, 6) is -1.25. The van der Waals surface area contributed by atoms with Gasteiger partial charge in [-0.25, -0.2) is 4.79 Å². The fourth-order valence-corrected chi connectivity index (χ4v) is 2.80. The molecule has 0 spiro atoms. The minimum Gasteiger partial charge on any atom is -0.478 e. The molecule has 0 bridgehead atoms. The molecule has 0 saturated carbocycles. The summed E-state index contributed by atoms with van der Waals surface area (Å²) in [6.45, 7) is 6.04. The molecular formula is C18H23N3O4. The van der Waals surface area contributed by atoms with Gasteiger partial charge < -0.3 is 15.2 Å². The Kier molecular flexibility index (Phi) is 5.93. The van der Waals surface area contributed by atoms with Crippen molar-refractivity contribution in [2.45, 2.75) is 39.8 Å². The molecule has 1 aromatic carbocycles. The van der Waals surface area contributed by atoms with Crippen LogP contribution in [0.1, 0.15) is 46.7 Å². The molecule has 7 nitrogen and oxygen atoms in total. The maximum atomic E-state index is 12.3. The van der Waals surface area contributed by atoms with Gasteiger partial charge in [0.15, 0.2) is 0 Å². The largest absolute Gasteiger partial charge is 0.478 e. The van der Waals surface area contributed by atoms with Crippen LogP contribution in [0.15, 0.2) is 24.3 Å². The summed E-state index contributed by atoms with van der Waals surface area (Å²) in [5, 5.41) is 16.4. The molecule has 1 atom stereocenters. The topological polar surface area (TPSA) is 93.5 Å². The van der Waals surface area contributed by atoms with Crippen molar-refractivity contribution in [3.8, 4) is 0 Å². The van der Waals surface area contributed by atoms with E-state index in [9.17, 15) is 14.7 Å². The van der Waals surface area contributed by atoms with Gasteiger partial charge >= 0.3 is 5.97 Å². The number of carboxylic acid groups (broad SMARTS) is 1. The first-order chi connectivity index (χ1) is 11.8. The van der Waals surface area contributed by atoms with Crippen LogP contribution in [-0.2, 0) is 16.1 Å². The van der Waals surface area contributed by atoms with Gasteiger partial charge in [0, 0.05) is 24.9 Å². The van der Waals surface area contributed by atoms with Crippen molar-refractivity contribution in [1.29, 1.82) is 0 Å². The maximum absolute atomic E-state index is 12.3. The van der Waals surface area contributed by atoms with Crippen LogP contribution in [0.3, 0.4) is 0 Å². The van der Waals surface area contributed by atoms with Crippen molar-refractivity contribution < 1.29 is 19.4 Å². The molecule has 0 aliphatic carbocycles. The number of amides is 1. The van der Waals surface area contributed by atoms with Crippen molar-refractivity contribution >= 4 is 17.6 Å². The first kappa shape index (κ1) is 18.7. The molecule has 25 heavy (non-hydrogen) atoms. The predicted molar refractivity (Wildman–Crippen MR) is 93.8 cm³/mol. The van der Waals surface area contributed by atoms with Gasteiger partial charge in [-0.3, -0.25) is 9.48 Å². The third-order valence-corrected chi connectivity index (χ3v) is 3.78. The summed E-state index contributed by atoms with van der Waals surface area (Å²) in [6, 6.07) is 6.53. The molecule has 2 N–H and O–H groups in total. The summed E-state index contributed by atoms with van der Waals surface area (Å²) in [7, 11) is 1.53. The Labute approximate surface area is 146 Å². The van der Waals surface area contributed by atoms with Crippen molar-refractivity contribution in [3.63, 3.8) is 0 Å². The van der Waals surface area contributed by atoms with Crippen LogP contribution in [0.5, 0.6) is 0 Å². The molecule has 0 aliphatic rings. The summed E-state index contributed by atoms with van der Waals surface area (Å²) < 4.78 is 6.86. The standard InChI is InChI=1S/C18H23N3O4/c1-11-5-12(2)21(20-11)13(3)6-17(22)19-16-8-14(10-25-4)7-15(9-16)18(23)24/h5,7-9,13H,6,10H2,1-4H3,(H,19,22)(H,23,24). The lowest BCUT2D eigenvalue weighted by atomic mass is 10.1. The number of hydrogen-bond donors (Lipinski definition) is 2. The lowest BCUT2D eigenvalue weighted by Crippen LogP contribution is -2.19. The van der Waals surface area contributed by atoms with Crippen LogP contribution in [0.4, 0.5) is 5.69 Å². The van der Waals surface area contributed by atoms with E-state index in [4.69, 9.17) is 4.74 Å². The first-order valence-corrected chi connectivity index (χ1v) is 7.99. The van der Waals surface area contributed by atoms with Crippen molar-refractivity contribution in [1.82, 2.24) is 9.78 Å². The highest BCUT2D eigenvalue weighted by Gasteiger charge is 2.15. The zero-order valence-corrected chi connectivity index (χ0v) is 14.9. The van der Waals surface area contributed by atoms with E-state index >= 15 is 0 Å². The number of hydrogen-bond acceptors (Lipinski definition) is 4. The van der Waals surface area contributed by atoms with Gasteiger partial charge in [-0.15, -0.1) is 0 Å². The number of aryl methyl sites for hydroxylation is 2. The smallest absolute Gasteiger partial charge is 0.335 e. The van der Waals surface area contributed by atoms with Crippen molar-refractivity contribution in [2.24, 2.45) is 0 Å². The van der Waals surface area contributed by atoms with Crippen LogP contribution in [0.2, 0.25) is 0 Å². The average molecular weight is 345 g/mol. The van der Waals surface area contributed by atoms with Gasteiger partial charge in [-0.2, -0.15) is 5.10 Å². The lowest BCUT2D eigenvalue weighted by molar-refractivity contribution is -0.116. The Balaban J connectivity index is 2.11. The number of aromatic carboxylic acids is 1. The van der Waals surface area contributed by atoms with E-state index in [1.807, 2.05) is 31.5 Å². The second kappa shape index (κ2) is 7.94. The Morgan fingerprint density at radius 1 is 1.28 bits per heavy atom. The van der Waals surface area contributed by atoms with Crippen molar-refractivity contribution in [2.75, 3.05) is 12.4 Å². The zero-order chi connectivity index (χ0) is 18.6. The highest BCUT2D eigenvalue weighted by Crippen LogP contribution is 2.19. The van der Waals surface area contributed by atoms with Gasteiger partial charge in [0.25, 0.3) is 0 Å². The summed E-state index contributed by atoms with van der Waals surface area (Å²) in [4.78, 5) is 23.6. The Hall–Kier alpha value is -2.67. The highest BCUT2D eigenvalue weighted by molar-refractivity contribution is 5.94. The van der Waals surface area contributed by atoms with E-state index < -0.39 is 5.97 Å². The Morgan fingerprint density at radius 2 is 2.00 bits per heavy atom. The lowest BCUT2D eigenvalue weighted by Gasteiger charge is -2.15. The van der Waals surface area contributed by atoms with E-state index in [0.717, 1.165) is 11.4 Å². The Morgan fingerprint density at radius 3 is 2.56 bits per heavy atom. The number of carbonyl (C=O) groups excluding carboxylic acids is 1. The van der Waals surface area contributed by atoms with Crippen LogP contribution in [-0.4, -0.2) is 33.9 Å². The molecule has 0 saturated heterocycles. The second-order valence-corrected chi connectivity index (χ2v) is 6.13. The molecule has 7 heteroatoms. The minimum atomic E-state index is -1.05. The fourth-order valence-electron chi connectivity index (χ4n) is 2.80. The molecule has 2 aromatic rings. The van der Waals surface area contributed by atoms with Crippen LogP contribution < -0.4 is 5.32 Å². The van der Waals surface area contributed by atoms with Crippen molar-refractivity contribution in [3.05, 3.63) is 46.8 Å². The number of rotatable bonds is 7. The van der Waals surface area contributed by atoms with E-state index in [-0.39, 0.29) is 30.5 Å². The van der Waals surface area contributed by atoms with Crippen LogP contribution >= 0.6 is 0 Å². The zero-order valence-electron chi connectivity index (χ0n) is 14.9. The number of carboxylic acids is 1. The number of anilines is 1. The molecule has 0 radical (unpaired) electrons. The summed E-state index contributed by atoms with van der Waals surface area (Å²) in [5.41, 5.74) is 3.13. The molecule has 1 amide bonds.